The van der Waals surface area contributed by atoms with E-state index in [4.69, 9.17) is 11.1 Å². The summed E-state index contributed by atoms with van der Waals surface area (Å²) in [5.41, 5.74) is 5.10. The summed E-state index contributed by atoms with van der Waals surface area (Å²) in [6.45, 7) is 4.76. The number of hydrogen-bond acceptors (Lipinski definition) is 2. The number of rotatable bonds is 5. The molecule has 4 heteroatoms. The zero-order chi connectivity index (χ0) is 9.56. The van der Waals surface area contributed by atoms with E-state index in [1.807, 2.05) is 13.8 Å². The Hall–Kier alpha value is -1.06. The third-order valence-electron chi connectivity index (χ3n) is 1.33. The fourth-order valence-corrected chi connectivity index (χ4v) is 0.655. The van der Waals surface area contributed by atoms with E-state index in [0.717, 1.165) is 0 Å². The predicted molar refractivity (Wildman–Crippen MR) is 49.0 cm³/mol. The second-order valence-electron chi connectivity index (χ2n) is 3.22. The Morgan fingerprint density at radius 3 is 2.50 bits per heavy atom. The van der Waals surface area contributed by atoms with Crippen molar-refractivity contribution in [2.75, 3.05) is 6.54 Å². The van der Waals surface area contributed by atoms with Crippen molar-refractivity contribution in [3.8, 4) is 0 Å². The summed E-state index contributed by atoms with van der Waals surface area (Å²) in [5, 5.41) is 9.65. The van der Waals surface area contributed by atoms with E-state index in [0.29, 0.717) is 25.3 Å². The minimum absolute atomic E-state index is 0.0288. The van der Waals surface area contributed by atoms with Gasteiger partial charge in [0, 0.05) is 19.4 Å². The van der Waals surface area contributed by atoms with Crippen LogP contribution < -0.4 is 11.1 Å². The van der Waals surface area contributed by atoms with Gasteiger partial charge in [-0.1, -0.05) is 13.8 Å². The van der Waals surface area contributed by atoms with Crippen LogP contribution in [0.3, 0.4) is 0 Å². The van der Waals surface area contributed by atoms with Gasteiger partial charge in [-0.15, -0.1) is 0 Å². The minimum atomic E-state index is -0.0288. The molecule has 0 bridgehead atoms. The van der Waals surface area contributed by atoms with Crippen LogP contribution in [-0.2, 0) is 4.79 Å². The van der Waals surface area contributed by atoms with E-state index in [9.17, 15) is 4.79 Å². The van der Waals surface area contributed by atoms with Crippen LogP contribution in [0.4, 0.5) is 0 Å². The molecule has 0 spiro atoms. The van der Waals surface area contributed by atoms with Gasteiger partial charge in [-0.25, -0.2) is 0 Å². The van der Waals surface area contributed by atoms with Gasteiger partial charge < -0.3 is 11.1 Å². The molecule has 0 unspecified atom stereocenters. The van der Waals surface area contributed by atoms with Crippen LogP contribution in [-0.4, -0.2) is 18.3 Å². The number of nitrogens with one attached hydrogen (secondary N) is 2. The van der Waals surface area contributed by atoms with E-state index < -0.39 is 0 Å². The van der Waals surface area contributed by atoms with Crippen molar-refractivity contribution < 1.29 is 4.79 Å². The fourth-order valence-electron chi connectivity index (χ4n) is 0.655. The van der Waals surface area contributed by atoms with E-state index in [2.05, 4.69) is 5.32 Å². The van der Waals surface area contributed by atoms with E-state index in [1.165, 1.54) is 0 Å². The number of hydrogen-bond donors (Lipinski definition) is 3. The van der Waals surface area contributed by atoms with Gasteiger partial charge in [0.25, 0.3) is 0 Å². The first-order chi connectivity index (χ1) is 5.52. The Labute approximate surface area is 73.0 Å². The smallest absolute Gasteiger partial charge is 0.220 e. The quantitative estimate of drug-likeness (QED) is 0.415. The van der Waals surface area contributed by atoms with E-state index in [-0.39, 0.29) is 11.7 Å². The lowest BCUT2D eigenvalue weighted by atomic mass is 10.2. The third kappa shape index (κ3) is 7.05. The molecule has 0 aromatic carbocycles. The molecule has 0 heterocycles. The molecule has 0 fully saturated rings. The van der Waals surface area contributed by atoms with Gasteiger partial charge in [0.2, 0.25) is 5.91 Å². The zero-order valence-electron chi connectivity index (χ0n) is 7.68. The molecule has 0 saturated carbocycles. The Kier molecular flexibility index (Phi) is 5.08. The Morgan fingerprint density at radius 2 is 2.08 bits per heavy atom. The first-order valence-corrected chi connectivity index (χ1v) is 4.12. The SMILES string of the molecule is CC(C)CNC(=O)CCC(=N)N. The lowest BCUT2D eigenvalue weighted by Crippen LogP contribution is -2.28. The van der Waals surface area contributed by atoms with Crippen LogP contribution in [0.15, 0.2) is 0 Å². The highest BCUT2D eigenvalue weighted by Gasteiger charge is 2.02. The molecule has 12 heavy (non-hydrogen) atoms. The molecule has 0 aromatic rings. The standard InChI is InChI=1S/C8H17N3O/c1-6(2)5-11-8(12)4-3-7(9)10/h6H,3-5H2,1-2H3,(H3,9,10)(H,11,12). The maximum absolute atomic E-state index is 11.0. The molecular weight excluding hydrogens is 154 g/mol. The molecule has 0 aliphatic rings. The highest BCUT2D eigenvalue weighted by Crippen LogP contribution is 1.90. The monoisotopic (exact) mass is 171 g/mol. The van der Waals surface area contributed by atoms with Crippen molar-refractivity contribution in [1.82, 2.24) is 5.32 Å². The lowest BCUT2D eigenvalue weighted by Gasteiger charge is -2.06. The van der Waals surface area contributed by atoms with Crippen molar-refractivity contribution >= 4 is 11.7 Å². The Bertz CT molecular complexity index is 166. The average Bonchev–Trinajstić information content (AvgIpc) is 1.96. The van der Waals surface area contributed by atoms with Crippen molar-refractivity contribution in [1.29, 1.82) is 5.41 Å². The number of amidine groups is 1. The van der Waals surface area contributed by atoms with Crippen molar-refractivity contribution in [3.05, 3.63) is 0 Å². The zero-order valence-corrected chi connectivity index (χ0v) is 7.68. The van der Waals surface area contributed by atoms with Crippen LogP contribution in [0.5, 0.6) is 0 Å². The average molecular weight is 171 g/mol. The summed E-state index contributed by atoms with van der Waals surface area (Å²) in [6.07, 6.45) is 0.673. The third-order valence-corrected chi connectivity index (χ3v) is 1.33. The molecule has 0 aliphatic heterocycles. The molecule has 4 N–H and O–H groups in total. The van der Waals surface area contributed by atoms with Gasteiger partial charge in [0.05, 0.1) is 5.84 Å². The van der Waals surface area contributed by atoms with Crippen molar-refractivity contribution in [2.24, 2.45) is 11.7 Å². The maximum Gasteiger partial charge on any atom is 0.220 e. The molecule has 0 aromatic heterocycles. The summed E-state index contributed by atoms with van der Waals surface area (Å²) in [6, 6.07) is 0. The van der Waals surface area contributed by atoms with Gasteiger partial charge in [-0.2, -0.15) is 0 Å². The summed E-state index contributed by atoms with van der Waals surface area (Å²) in [5.74, 6) is 0.500. The summed E-state index contributed by atoms with van der Waals surface area (Å²) < 4.78 is 0. The number of carbonyl (C=O) groups excluding carboxylic acids is 1. The largest absolute Gasteiger partial charge is 0.388 e. The molecule has 70 valence electrons. The maximum atomic E-state index is 11.0. The highest BCUT2D eigenvalue weighted by molar-refractivity contribution is 5.84. The highest BCUT2D eigenvalue weighted by atomic mass is 16.1. The van der Waals surface area contributed by atoms with E-state index >= 15 is 0 Å². The van der Waals surface area contributed by atoms with Crippen molar-refractivity contribution in [2.45, 2.75) is 26.7 Å². The number of nitrogens with two attached hydrogens (primary N) is 1. The molecular formula is C8H17N3O. The molecule has 1 amide bonds. The second kappa shape index (κ2) is 5.57. The fraction of sp³-hybridized carbons (Fsp3) is 0.750. The van der Waals surface area contributed by atoms with Crippen LogP contribution in [0.2, 0.25) is 0 Å². The van der Waals surface area contributed by atoms with Gasteiger partial charge in [-0.05, 0) is 5.92 Å². The Morgan fingerprint density at radius 1 is 1.50 bits per heavy atom. The predicted octanol–water partition coefficient (Wildman–Crippen LogP) is 0.475. The van der Waals surface area contributed by atoms with Crippen LogP contribution in [0.25, 0.3) is 0 Å². The summed E-state index contributed by atoms with van der Waals surface area (Å²) >= 11 is 0. The van der Waals surface area contributed by atoms with Crippen LogP contribution >= 0.6 is 0 Å². The minimum Gasteiger partial charge on any atom is -0.388 e. The van der Waals surface area contributed by atoms with Crippen molar-refractivity contribution in [3.63, 3.8) is 0 Å². The van der Waals surface area contributed by atoms with E-state index in [1.54, 1.807) is 0 Å². The van der Waals surface area contributed by atoms with Gasteiger partial charge in [0.1, 0.15) is 0 Å². The lowest BCUT2D eigenvalue weighted by molar-refractivity contribution is -0.121. The van der Waals surface area contributed by atoms with Gasteiger partial charge in [0.15, 0.2) is 0 Å². The normalized spacial score (nSPS) is 9.92. The topological polar surface area (TPSA) is 79.0 Å². The summed E-state index contributed by atoms with van der Waals surface area (Å²) in [4.78, 5) is 11.0. The first kappa shape index (κ1) is 10.9. The number of amides is 1. The van der Waals surface area contributed by atoms with Gasteiger partial charge >= 0.3 is 0 Å². The number of carbonyl (C=O) groups is 1. The second-order valence-corrected chi connectivity index (χ2v) is 3.22. The van der Waals surface area contributed by atoms with Crippen LogP contribution in [0, 0.1) is 11.3 Å². The van der Waals surface area contributed by atoms with Crippen LogP contribution in [0.1, 0.15) is 26.7 Å². The molecule has 0 atom stereocenters. The first-order valence-electron chi connectivity index (χ1n) is 4.12. The molecule has 0 aliphatic carbocycles. The Balaban J connectivity index is 3.40. The molecule has 4 nitrogen and oxygen atoms in total. The van der Waals surface area contributed by atoms with Gasteiger partial charge in [-0.3, -0.25) is 10.2 Å². The molecule has 0 rings (SSSR count). The molecule has 0 saturated heterocycles. The summed E-state index contributed by atoms with van der Waals surface area (Å²) in [7, 11) is 0. The molecule has 0 radical (unpaired) electrons.